The van der Waals surface area contributed by atoms with E-state index in [4.69, 9.17) is 5.26 Å². The molecule has 0 aromatic heterocycles. The zero-order valence-electron chi connectivity index (χ0n) is 17.8. The molecule has 148 valence electrons. The van der Waals surface area contributed by atoms with Crippen LogP contribution in [0.3, 0.4) is 0 Å². The third kappa shape index (κ3) is 19.6. The van der Waals surface area contributed by atoms with Crippen LogP contribution >= 0.6 is 0 Å². The summed E-state index contributed by atoms with van der Waals surface area (Å²) in [4.78, 5) is 0. The minimum atomic E-state index is 0.686. The van der Waals surface area contributed by atoms with Gasteiger partial charge >= 0.3 is 0 Å². The van der Waals surface area contributed by atoms with Gasteiger partial charge in [0.2, 0.25) is 0 Å². The molecule has 0 radical (unpaired) electrons. The monoisotopic (exact) mass is 351 g/mol. The van der Waals surface area contributed by atoms with E-state index in [9.17, 15) is 0 Å². The third-order valence-corrected chi connectivity index (χ3v) is 5.45. The van der Waals surface area contributed by atoms with Crippen molar-refractivity contribution >= 4 is 0 Å². The maximum Gasteiger partial charge on any atom is 0.0914 e. The lowest BCUT2D eigenvalue weighted by Gasteiger charge is -2.28. The van der Waals surface area contributed by atoms with E-state index in [1.807, 2.05) is 0 Å². The smallest absolute Gasteiger partial charge is 0.0914 e. The van der Waals surface area contributed by atoms with Crippen molar-refractivity contribution < 1.29 is 4.48 Å². The highest BCUT2D eigenvalue weighted by molar-refractivity contribution is 4.67. The van der Waals surface area contributed by atoms with Gasteiger partial charge in [0.25, 0.3) is 0 Å². The Kier molecular flexibility index (Phi) is 17.8. The topological polar surface area (TPSA) is 23.8 Å². The molecule has 2 nitrogen and oxygen atoms in total. The van der Waals surface area contributed by atoms with Gasteiger partial charge in [0.15, 0.2) is 0 Å². The van der Waals surface area contributed by atoms with Gasteiger partial charge in [0, 0.05) is 0 Å². The molecule has 0 fully saturated rings. The molecule has 0 saturated heterocycles. The molecule has 0 saturated carbocycles. The number of nitriles is 1. The SMILES string of the molecule is CCCCCCCCCCCCCCCCCC[N+](C)(C)CCC#N. The number of hydrogen-bond donors (Lipinski definition) is 0. The summed E-state index contributed by atoms with van der Waals surface area (Å²) in [6, 6.07) is 2.26. The molecule has 0 aliphatic carbocycles. The fraction of sp³-hybridized carbons (Fsp3) is 0.957. The first-order valence-electron chi connectivity index (χ1n) is 11.3. The second-order valence-electron chi connectivity index (χ2n) is 8.59. The summed E-state index contributed by atoms with van der Waals surface area (Å²) in [5, 5.41) is 8.68. The minimum absolute atomic E-state index is 0.686. The van der Waals surface area contributed by atoms with Crippen molar-refractivity contribution in [3.8, 4) is 6.07 Å². The van der Waals surface area contributed by atoms with E-state index in [2.05, 4.69) is 27.1 Å². The standard InChI is InChI=1S/C23H47N2/c1-4-5-6-7-8-9-10-11-12-13-14-15-16-17-18-19-22-25(2,3)23-20-21-24/h4-20,22-23H2,1-3H3/q+1. The van der Waals surface area contributed by atoms with Gasteiger partial charge in [-0.15, -0.1) is 0 Å². The molecule has 2 heteroatoms. The summed E-state index contributed by atoms with van der Waals surface area (Å²) >= 11 is 0. The van der Waals surface area contributed by atoms with Crippen molar-refractivity contribution in [3.05, 3.63) is 0 Å². The van der Waals surface area contributed by atoms with Gasteiger partial charge < -0.3 is 4.48 Å². The molecule has 0 heterocycles. The largest absolute Gasteiger partial charge is 0.328 e. The maximum absolute atomic E-state index is 8.68. The van der Waals surface area contributed by atoms with Crippen molar-refractivity contribution in [1.29, 1.82) is 5.26 Å². The highest BCUT2D eigenvalue weighted by Crippen LogP contribution is 2.14. The van der Waals surface area contributed by atoms with Crippen molar-refractivity contribution in [2.75, 3.05) is 27.2 Å². The molecule has 0 aliphatic rings. The second kappa shape index (κ2) is 18.2. The number of hydrogen-bond acceptors (Lipinski definition) is 1. The summed E-state index contributed by atoms with van der Waals surface area (Å²) < 4.78 is 1.01. The number of rotatable bonds is 19. The fourth-order valence-corrected chi connectivity index (χ4v) is 3.55. The molecule has 0 aromatic carbocycles. The van der Waals surface area contributed by atoms with Crippen LogP contribution in [0, 0.1) is 11.3 Å². The Morgan fingerprint density at radius 2 is 0.920 bits per heavy atom. The average molecular weight is 352 g/mol. The lowest BCUT2D eigenvalue weighted by atomic mass is 10.0. The number of unbranched alkanes of at least 4 members (excludes halogenated alkanes) is 15. The summed E-state index contributed by atoms with van der Waals surface area (Å²) in [6.07, 6.45) is 23.5. The summed E-state index contributed by atoms with van der Waals surface area (Å²) in [5.74, 6) is 0. The zero-order chi connectivity index (χ0) is 18.6. The molecule has 25 heavy (non-hydrogen) atoms. The first-order chi connectivity index (χ1) is 12.1. The molecule has 0 spiro atoms. The van der Waals surface area contributed by atoms with Crippen LogP contribution in [0.1, 0.15) is 116 Å². The van der Waals surface area contributed by atoms with E-state index in [1.165, 1.54) is 109 Å². The Morgan fingerprint density at radius 3 is 1.28 bits per heavy atom. The van der Waals surface area contributed by atoms with Gasteiger partial charge in [-0.3, -0.25) is 0 Å². The van der Waals surface area contributed by atoms with Gasteiger partial charge in [0.1, 0.15) is 0 Å². The molecule has 0 unspecified atom stereocenters. The first kappa shape index (κ1) is 24.5. The van der Waals surface area contributed by atoms with Gasteiger partial charge in [-0.05, 0) is 12.8 Å². The van der Waals surface area contributed by atoms with E-state index >= 15 is 0 Å². The molecule has 0 aliphatic heterocycles. The van der Waals surface area contributed by atoms with Gasteiger partial charge in [-0.1, -0.05) is 96.8 Å². The van der Waals surface area contributed by atoms with Crippen molar-refractivity contribution in [2.45, 2.75) is 116 Å². The van der Waals surface area contributed by atoms with Gasteiger partial charge in [-0.2, -0.15) is 5.26 Å². The van der Waals surface area contributed by atoms with Crippen molar-refractivity contribution in [1.82, 2.24) is 0 Å². The molecule has 0 aromatic rings. The predicted octanol–water partition coefficient (Wildman–Crippen LogP) is 7.24. The summed E-state index contributed by atoms with van der Waals surface area (Å²) in [6.45, 7) is 4.51. The highest BCUT2D eigenvalue weighted by Gasteiger charge is 2.13. The van der Waals surface area contributed by atoms with E-state index in [-0.39, 0.29) is 0 Å². The highest BCUT2D eigenvalue weighted by atomic mass is 15.3. The van der Waals surface area contributed by atoms with Crippen LogP contribution in [0.25, 0.3) is 0 Å². The normalized spacial score (nSPS) is 11.6. The quantitative estimate of drug-likeness (QED) is 0.178. The Bertz CT molecular complexity index is 304. The Morgan fingerprint density at radius 1 is 0.560 bits per heavy atom. The fourth-order valence-electron chi connectivity index (χ4n) is 3.55. The Hall–Kier alpha value is -0.550. The van der Waals surface area contributed by atoms with Crippen LogP contribution in [0.4, 0.5) is 0 Å². The maximum atomic E-state index is 8.68. The third-order valence-electron chi connectivity index (χ3n) is 5.45. The van der Waals surface area contributed by atoms with E-state index < -0.39 is 0 Å². The first-order valence-corrected chi connectivity index (χ1v) is 11.3. The minimum Gasteiger partial charge on any atom is -0.328 e. The van der Waals surface area contributed by atoms with E-state index in [1.54, 1.807) is 0 Å². The summed E-state index contributed by atoms with van der Waals surface area (Å²) in [7, 11) is 4.51. The van der Waals surface area contributed by atoms with Crippen LogP contribution in [-0.2, 0) is 0 Å². The molecular formula is C23H47N2+. The van der Waals surface area contributed by atoms with Crippen LogP contribution in [0.2, 0.25) is 0 Å². The predicted molar refractivity (Wildman–Crippen MR) is 112 cm³/mol. The van der Waals surface area contributed by atoms with Crippen LogP contribution in [-0.4, -0.2) is 31.7 Å². The number of quaternary nitrogens is 1. The van der Waals surface area contributed by atoms with E-state index in [0.717, 1.165) is 11.0 Å². The lowest BCUT2D eigenvalue weighted by Crippen LogP contribution is -2.41. The summed E-state index contributed by atoms with van der Waals surface area (Å²) in [5.41, 5.74) is 0. The molecule has 0 N–H and O–H groups in total. The van der Waals surface area contributed by atoms with Gasteiger partial charge in [0.05, 0.1) is 39.7 Å². The molecular weight excluding hydrogens is 304 g/mol. The van der Waals surface area contributed by atoms with Crippen LogP contribution in [0.5, 0.6) is 0 Å². The second-order valence-corrected chi connectivity index (χ2v) is 8.59. The van der Waals surface area contributed by atoms with Crippen molar-refractivity contribution in [3.63, 3.8) is 0 Å². The number of nitrogens with zero attached hydrogens (tertiary/aromatic N) is 2. The Balaban J connectivity index is 3.15. The lowest BCUT2D eigenvalue weighted by molar-refractivity contribution is -0.890. The average Bonchev–Trinajstić information content (AvgIpc) is 2.59. The van der Waals surface area contributed by atoms with E-state index in [0.29, 0.717) is 6.42 Å². The molecule has 0 rings (SSSR count). The molecule has 0 amide bonds. The molecule has 0 atom stereocenters. The van der Waals surface area contributed by atoms with Crippen molar-refractivity contribution in [2.24, 2.45) is 0 Å². The van der Waals surface area contributed by atoms with Crippen LogP contribution < -0.4 is 0 Å². The van der Waals surface area contributed by atoms with Gasteiger partial charge in [-0.25, -0.2) is 0 Å². The zero-order valence-corrected chi connectivity index (χ0v) is 17.8. The van der Waals surface area contributed by atoms with Crippen LogP contribution in [0.15, 0.2) is 0 Å². The Labute approximate surface area is 159 Å². The molecule has 0 bridgehead atoms.